The zero-order valence-corrected chi connectivity index (χ0v) is 16.1. The van der Waals surface area contributed by atoms with E-state index in [1.165, 1.54) is 5.28 Å². The molecular formula is C21H20N6O3. The lowest BCUT2D eigenvalue weighted by Gasteiger charge is -2.32. The summed E-state index contributed by atoms with van der Waals surface area (Å²) in [5, 5.41) is 2.13. The Bertz CT molecular complexity index is 1190. The van der Waals surface area contributed by atoms with Gasteiger partial charge in [0.15, 0.2) is 11.9 Å². The number of para-hydroxylation sites is 1. The second-order valence-corrected chi connectivity index (χ2v) is 6.63. The molecule has 0 saturated carbocycles. The van der Waals surface area contributed by atoms with Crippen LogP contribution in [0, 0.1) is 0 Å². The second-order valence-electron chi connectivity index (χ2n) is 6.63. The summed E-state index contributed by atoms with van der Waals surface area (Å²) in [6.45, 7) is 0. The van der Waals surface area contributed by atoms with Crippen LogP contribution in [0.5, 0.6) is 5.75 Å². The molecule has 30 heavy (non-hydrogen) atoms. The SMILES string of the molecule is COc1ccc(N2C(N)=c3ccoc3=NC2C2=CNN(Nc3ccccc3)O2)cc1. The van der Waals surface area contributed by atoms with Crippen LogP contribution in [0.25, 0.3) is 5.82 Å². The molecule has 152 valence electrons. The standard InChI is InChI=1S/C21H20N6O3/c1-28-16-9-7-15(8-10-16)26-19(22)17-11-12-29-21(17)24-20(26)18-13-23-27(30-18)25-14-5-3-2-4-6-14/h2-13,20,23,25H,22H2,1H3. The fraction of sp³-hybridized carbons (Fsp3) is 0.0952. The molecule has 3 heterocycles. The summed E-state index contributed by atoms with van der Waals surface area (Å²) in [6, 6.07) is 19.0. The van der Waals surface area contributed by atoms with Crippen LogP contribution in [0.4, 0.5) is 11.4 Å². The Kier molecular flexibility index (Phi) is 4.41. The molecule has 2 aliphatic heterocycles. The van der Waals surface area contributed by atoms with Crippen molar-refractivity contribution in [2.24, 2.45) is 10.7 Å². The van der Waals surface area contributed by atoms with Gasteiger partial charge in [-0.05, 0) is 42.5 Å². The third kappa shape index (κ3) is 3.16. The Hall–Kier alpha value is -4.11. The van der Waals surface area contributed by atoms with Crippen molar-refractivity contribution in [2.75, 3.05) is 17.4 Å². The number of nitrogens with one attached hydrogen (secondary N) is 2. The van der Waals surface area contributed by atoms with Crippen LogP contribution in [0.1, 0.15) is 0 Å². The molecule has 4 N–H and O–H groups in total. The number of hydrogen-bond donors (Lipinski definition) is 3. The van der Waals surface area contributed by atoms with E-state index in [0.717, 1.165) is 22.3 Å². The Balaban J connectivity index is 1.46. The molecule has 0 bridgehead atoms. The molecule has 0 amide bonds. The van der Waals surface area contributed by atoms with Crippen molar-refractivity contribution in [3.05, 3.63) is 89.7 Å². The summed E-state index contributed by atoms with van der Waals surface area (Å²) < 4.78 is 10.8. The highest BCUT2D eigenvalue weighted by Crippen LogP contribution is 2.29. The van der Waals surface area contributed by atoms with Crippen molar-refractivity contribution in [1.82, 2.24) is 10.7 Å². The molecule has 9 heteroatoms. The number of fused-ring (bicyclic) bond motifs is 1. The van der Waals surface area contributed by atoms with E-state index in [0.29, 0.717) is 17.1 Å². The lowest BCUT2D eigenvalue weighted by molar-refractivity contribution is -0.107. The first-order chi connectivity index (χ1) is 14.7. The summed E-state index contributed by atoms with van der Waals surface area (Å²) in [6.07, 6.45) is 2.73. The van der Waals surface area contributed by atoms with Crippen LogP contribution in [-0.2, 0) is 4.84 Å². The van der Waals surface area contributed by atoms with Gasteiger partial charge in [0.2, 0.25) is 5.55 Å². The van der Waals surface area contributed by atoms with E-state index >= 15 is 0 Å². The molecule has 1 aromatic heterocycles. The summed E-state index contributed by atoms with van der Waals surface area (Å²) in [5.41, 5.74) is 14.8. The third-order valence-corrected chi connectivity index (χ3v) is 4.79. The topological polar surface area (TPSA) is 101 Å². The summed E-state index contributed by atoms with van der Waals surface area (Å²) in [7, 11) is 1.63. The number of nitrogens with two attached hydrogens (primary N) is 1. The lowest BCUT2D eigenvalue weighted by Crippen LogP contribution is -2.48. The second kappa shape index (κ2) is 7.37. The molecule has 9 nitrogen and oxygen atoms in total. The molecule has 0 radical (unpaired) electrons. The van der Waals surface area contributed by atoms with Gasteiger partial charge in [-0.2, -0.15) is 0 Å². The Morgan fingerprint density at radius 1 is 1.10 bits per heavy atom. The van der Waals surface area contributed by atoms with Crippen molar-refractivity contribution < 1.29 is 14.0 Å². The number of methoxy groups -OCH3 is 1. The van der Waals surface area contributed by atoms with Gasteiger partial charge in [-0.25, -0.2) is 4.99 Å². The lowest BCUT2D eigenvalue weighted by atomic mass is 10.2. The fourth-order valence-corrected chi connectivity index (χ4v) is 3.33. The maximum atomic E-state index is 6.51. The summed E-state index contributed by atoms with van der Waals surface area (Å²) in [5.74, 6) is 1.81. The highest BCUT2D eigenvalue weighted by atomic mass is 16.8. The van der Waals surface area contributed by atoms with Crippen molar-refractivity contribution in [1.29, 1.82) is 0 Å². The van der Waals surface area contributed by atoms with Crippen LogP contribution in [0.3, 0.4) is 0 Å². The molecular weight excluding hydrogens is 384 g/mol. The summed E-state index contributed by atoms with van der Waals surface area (Å²) >= 11 is 0. The van der Waals surface area contributed by atoms with E-state index in [9.17, 15) is 0 Å². The van der Waals surface area contributed by atoms with Gasteiger partial charge in [-0.3, -0.25) is 15.8 Å². The van der Waals surface area contributed by atoms with Crippen LogP contribution in [0.15, 0.2) is 88.3 Å². The normalized spacial score (nSPS) is 18.0. The molecule has 2 aliphatic rings. The largest absolute Gasteiger partial charge is 0.497 e. The molecule has 0 fully saturated rings. The van der Waals surface area contributed by atoms with Crippen LogP contribution in [0.2, 0.25) is 0 Å². The number of furan rings is 1. The van der Waals surface area contributed by atoms with Crippen molar-refractivity contribution in [3.63, 3.8) is 0 Å². The first-order valence-electron chi connectivity index (χ1n) is 9.33. The van der Waals surface area contributed by atoms with Gasteiger partial charge in [0.25, 0.3) is 0 Å². The zero-order valence-electron chi connectivity index (χ0n) is 16.1. The van der Waals surface area contributed by atoms with Gasteiger partial charge in [0, 0.05) is 11.0 Å². The molecule has 5 rings (SSSR count). The smallest absolute Gasteiger partial charge is 0.227 e. The van der Waals surface area contributed by atoms with Crippen LogP contribution >= 0.6 is 0 Å². The number of hydrazine groups is 2. The first kappa shape index (κ1) is 18.0. The van der Waals surface area contributed by atoms with Crippen LogP contribution in [-0.4, -0.2) is 18.6 Å². The van der Waals surface area contributed by atoms with Gasteiger partial charge in [0.1, 0.15) is 11.6 Å². The molecule has 1 atom stereocenters. The zero-order chi connectivity index (χ0) is 20.5. The third-order valence-electron chi connectivity index (χ3n) is 4.79. The van der Waals surface area contributed by atoms with Gasteiger partial charge in [-0.15, -0.1) is 0 Å². The van der Waals surface area contributed by atoms with E-state index in [2.05, 4.69) is 10.9 Å². The first-order valence-corrected chi connectivity index (χ1v) is 9.33. The number of benzene rings is 2. The van der Waals surface area contributed by atoms with E-state index in [4.69, 9.17) is 24.7 Å². The molecule has 3 aromatic rings. The predicted octanol–water partition coefficient (Wildman–Crippen LogP) is 1.40. The molecule has 2 aromatic carbocycles. The van der Waals surface area contributed by atoms with E-state index in [-0.39, 0.29) is 0 Å². The van der Waals surface area contributed by atoms with Gasteiger partial charge in [0.05, 0.1) is 30.5 Å². The fourth-order valence-electron chi connectivity index (χ4n) is 3.33. The van der Waals surface area contributed by atoms with Crippen molar-refractivity contribution >= 4 is 17.2 Å². The minimum absolute atomic E-state index is 0.459. The monoisotopic (exact) mass is 404 g/mol. The van der Waals surface area contributed by atoms with Crippen LogP contribution < -0.4 is 37.0 Å². The van der Waals surface area contributed by atoms with Crippen molar-refractivity contribution in [2.45, 2.75) is 6.17 Å². The molecule has 0 aliphatic carbocycles. The van der Waals surface area contributed by atoms with Crippen molar-refractivity contribution in [3.8, 4) is 5.75 Å². The predicted molar refractivity (Wildman–Crippen MR) is 111 cm³/mol. The maximum absolute atomic E-state index is 6.51. The van der Waals surface area contributed by atoms with Gasteiger partial charge in [-0.1, -0.05) is 18.2 Å². The molecule has 1 unspecified atom stereocenters. The molecule has 0 saturated heterocycles. The van der Waals surface area contributed by atoms with E-state index in [1.807, 2.05) is 59.5 Å². The number of hydrogen-bond acceptors (Lipinski definition) is 9. The molecule has 0 spiro atoms. The number of ether oxygens (including phenoxy) is 1. The number of anilines is 2. The van der Waals surface area contributed by atoms with E-state index < -0.39 is 6.17 Å². The van der Waals surface area contributed by atoms with Gasteiger partial charge < -0.3 is 19.7 Å². The highest BCUT2D eigenvalue weighted by molar-refractivity contribution is 5.69. The number of nitrogens with zero attached hydrogens (tertiary/aromatic N) is 3. The minimum atomic E-state index is -0.563. The van der Waals surface area contributed by atoms with E-state index in [1.54, 1.807) is 25.6 Å². The average Bonchev–Trinajstić information content (AvgIpc) is 3.44. The quantitative estimate of drug-likeness (QED) is 0.587. The highest BCUT2D eigenvalue weighted by Gasteiger charge is 2.33. The number of rotatable bonds is 5. The Morgan fingerprint density at radius 3 is 2.67 bits per heavy atom. The average molecular weight is 404 g/mol. The Labute approximate surface area is 172 Å². The maximum Gasteiger partial charge on any atom is 0.227 e. The Morgan fingerprint density at radius 2 is 1.90 bits per heavy atom. The van der Waals surface area contributed by atoms with Gasteiger partial charge >= 0.3 is 0 Å². The summed E-state index contributed by atoms with van der Waals surface area (Å²) in [4.78, 5) is 12.5. The minimum Gasteiger partial charge on any atom is -0.497 e.